The van der Waals surface area contributed by atoms with Crippen LogP contribution in [0.25, 0.3) is 21.0 Å². The maximum Gasteiger partial charge on any atom is 0.227 e. The zero-order chi connectivity index (χ0) is 19.8. The molecule has 1 saturated heterocycles. The van der Waals surface area contributed by atoms with Gasteiger partial charge in [0, 0.05) is 26.2 Å². The molecule has 4 aromatic rings. The van der Waals surface area contributed by atoms with Gasteiger partial charge in [-0.25, -0.2) is 9.37 Å². The van der Waals surface area contributed by atoms with Crippen LogP contribution in [0.5, 0.6) is 0 Å². The molecular formula is C23H20FN3OS. The first-order valence-corrected chi connectivity index (χ1v) is 10.5. The zero-order valence-electron chi connectivity index (χ0n) is 15.8. The van der Waals surface area contributed by atoms with Crippen molar-refractivity contribution in [2.45, 2.75) is 6.42 Å². The number of nitrogens with zero attached hydrogens (tertiary/aromatic N) is 3. The second-order valence-corrected chi connectivity index (χ2v) is 8.30. The van der Waals surface area contributed by atoms with Crippen molar-refractivity contribution >= 4 is 43.4 Å². The van der Waals surface area contributed by atoms with Gasteiger partial charge in [0.2, 0.25) is 5.91 Å². The van der Waals surface area contributed by atoms with E-state index >= 15 is 0 Å². The number of piperazine rings is 1. The highest BCUT2D eigenvalue weighted by Crippen LogP contribution is 2.30. The Kier molecular flexibility index (Phi) is 4.64. The van der Waals surface area contributed by atoms with Gasteiger partial charge in [-0.2, -0.15) is 0 Å². The van der Waals surface area contributed by atoms with Gasteiger partial charge in [0.1, 0.15) is 5.82 Å². The zero-order valence-corrected chi connectivity index (χ0v) is 16.7. The van der Waals surface area contributed by atoms with E-state index in [2.05, 4.69) is 28.1 Å². The molecule has 0 spiro atoms. The fourth-order valence-corrected chi connectivity index (χ4v) is 4.93. The third kappa shape index (κ3) is 3.56. The van der Waals surface area contributed by atoms with Gasteiger partial charge < -0.3 is 9.80 Å². The van der Waals surface area contributed by atoms with Crippen LogP contribution in [0, 0.1) is 5.82 Å². The maximum absolute atomic E-state index is 13.4. The van der Waals surface area contributed by atoms with Crippen molar-refractivity contribution in [3.8, 4) is 0 Å². The lowest BCUT2D eigenvalue weighted by Crippen LogP contribution is -2.49. The van der Waals surface area contributed by atoms with Crippen molar-refractivity contribution in [2.24, 2.45) is 0 Å². The molecule has 1 aliphatic heterocycles. The SMILES string of the molecule is O=C(Cc1cccc2ccccc12)N1CCN(c2nc3ccc(F)cc3s2)CC1. The number of carbonyl (C=O) groups is 1. The number of carbonyl (C=O) groups excluding carboxylic acids is 1. The second-order valence-electron chi connectivity index (χ2n) is 7.29. The molecule has 6 heteroatoms. The van der Waals surface area contributed by atoms with Gasteiger partial charge in [-0.1, -0.05) is 53.8 Å². The molecule has 1 fully saturated rings. The van der Waals surface area contributed by atoms with Gasteiger partial charge in [0.05, 0.1) is 16.6 Å². The summed E-state index contributed by atoms with van der Waals surface area (Å²) >= 11 is 1.50. The molecule has 1 amide bonds. The normalized spacial score (nSPS) is 14.7. The summed E-state index contributed by atoms with van der Waals surface area (Å²) in [6.07, 6.45) is 0.418. The van der Waals surface area contributed by atoms with Crippen LogP contribution in [0.3, 0.4) is 0 Å². The lowest BCUT2D eigenvalue weighted by molar-refractivity contribution is -0.130. The molecule has 4 nitrogen and oxygen atoms in total. The topological polar surface area (TPSA) is 36.4 Å². The number of benzene rings is 3. The van der Waals surface area contributed by atoms with Crippen LogP contribution < -0.4 is 4.90 Å². The summed E-state index contributed by atoms with van der Waals surface area (Å²) in [6, 6.07) is 19.0. The summed E-state index contributed by atoms with van der Waals surface area (Å²) in [6.45, 7) is 2.83. The molecule has 0 unspecified atom stereocenters. The minimum Gasteiger partial charge on any atom is -0.345 e. The summed E-state index contributed by atoms with van der Waals surface area (Å²) in [5.41, 5.74) is 1.89. The molecule has 2 heterocycles. The van der Waals surface area contributed by atoms with E-state index in [-0.39, 0.29) is 11.7 Å². The number of rotatable bonds is 3. The number of hydrogen-bond donors (Lipinski definition) is 0. The lowest BCUT2D eigenvalue weighted by atomic mass is 10.0. The van der Waals surface area contributed by atoms with E-state index in [4.69, 9.17) is 0 Å². The molecule has 0 radical (unpaired) electrons. The Balaban J connectivity index is 1.26. The van der Waals surface area contributed by atoms with Gasteiger partial charge in [-0.3, -0.25) is 4.79 Å². The van der Waals surface area contributed by atoms with Gasteiger partial charge in [0.25, 0.3) is 0 Å². The fraction of sp³-hybridized carbons (Fsp3) is 0.217. The van der Waals surface area contributed by atoms with E-state index in [9.17, 15) is 9.18 Å². The van der Waals surface area contributed by atoms with Crippen molar-refractivity contribution < 1.29 is 9.18 Å². The van der Waals surface area contributed by atoms with Crippen LogP contribution in [0.4, 0.5) is 9.52 Å². The monoisotopic (exact) mass is 405 g/mol. The number of amides is 1. The molecular weight excluding hydrogens is 385 g/mol. The summed E-state index contributed by atoms with van der Waals surface area (Å²) in [4.78, 5) is 21.6. The Labute approximate surface area is 172 Å². The molecule has 5 rings (SSSR count). The summed E-state index contributed by atoms with van der Waals surface area (Å²) in [5, 5.41) is 3.20. The minimum absolute atomic E-state index is 0.160. The van der Waals surface area contributed by atoms with Crippen molar-refractivity contribution in [3.05, 3.63) is 72.0 Å². The van der Waals surface area contributed by atoms with Crippen molar-refractivity contribution in [1.82, 2.24) is 9.88 Å². The third-order valence-corrected chi connectivity index (χ3v) is 6.54. The number of hydrogen-bond acceptors (Lipinski definition) is 4. The van der Waals surface area contributed by atoms with Crippen molar-refractivity contribution in [3.63, 3.8) is 0 Å². The molecule has 0 N–H and O–H groups in total. The number of halogens is 1. The van der Waals surface area contributed by atoms with E-state index in [0.717, 1.165) is 44.8 Å². The van der Waals surface area contributed by atoms with Crippen LogP contribution in [0.1, 0.15) is 5.56 Å². The quantitative estimate of drug-likeness (QED) is 0.504. The third-order valence-electron chi connectivity index (χ3n) is 5.46. The van der Waals surface area contributed by atoms with E-state index in [0.29, 0.717) is 19.5 Å². The average molecular weight is 405 g/mol. The smallest absolute Gasteiger partial charge is 0.227 e. The van der Waals surface area contributed by atoms with E-state index in [1.165, 1.54) is 23.5 Å². The lowest BCUT2D eigenvalue weighted by Gasteiger charge is -2.34. The standard InChI is InChI=1S/C23H20FN3OS/c24-18-8-9-20-21(15-18)29-23(25-20)27-12-10-26(11-13-27)22(28)14-17-6-3-5-16-4-1-2-7-19(16)17/h1-9,15H,10-14H2. The second kappa shape index (κ2) is 7.44. The Morgan fingerprint density at radius 1 is 1.00 bits per heavy atom. The first-order chi connectivity index (χ1) is 14.2. The Morgan fingerprint density at radius 2 is 1.79 bits per heavy atom. The molecule has 1 aromatic heterocycles. The molecule has 0 saturated carbocycles. The van der Waals surface area contributed by atoms with Crippen molar-refractivity contribution in [2.75, 3.05) is 31.1 Å². The molecule has 3 aromatic carbocycles. The van der Waals surface area contributed by atoms with E-state index in [1.807, 2.05) is 29.2 Å². The Bertz CT molecular complexity index is 1190. The molecule has 0 atom stereocenters. The minimum atomic E-state index is -0.239. The molecule has 1 aliphatic rings. The first kappa shape index (κ1) is 18.1. The average Bonchev–Trinajstić information content (AvgIpc) is 3.17. The van der Waals surface area contributed by atoms with Gasteiger partial charge >= 0.3 is 0 Å². The van der Waals surface area contributed by atoms with Gasteiger partial charge in [-0.15, -0.1) is 0 Å². The molecule has 0 bridgehead atoms. The van der Waals surface area contributed by atoms with Crippen LogP contribution in [-0.2, 0) is 11.2 Å². The number of thiazole rings is 1. The predicted molar refractivity (Wildman–Crippen MR) is 116 cm³/mol. The van der Waals surface area contributed by atoms with Crippen LogP contribution >= 0.6 is 11.3 Å². The van der Waals surface area contributed by atoms with Gasteiger partial charge in [0.15, 0.2) is 5.13 Å². The van der Waals surface area contributed by atoms with Crippen LogP contribution in [-0.4, -0.2) is 42.0 Å². The highest BCUT2D eigenvalue weighted by Gasteiger charge is 2.23. The van der Waals surface area contributed by atoms with Crippen molar-refractivity contribution in [1.29, 1.82) is 0 Å². The van der Waals surface area contributed by atoms with Gasteiger partial charge in [-0.05, 0) is 34.5 Å². The first-order valence-electron chi connectivity index (χ1n) is 9.73. The number of fused-ring (bicyclic) bond motifs is 2. The largest absolute Gasteiger partial charge is 0.345 e. The highest BCUT2D eigenvalue weighted by atomic mass is 32.1. The van der Waals surface area contributed by atoms with Crippen LogP contribution in [0.2, 0.25) is 0 Å². The fourth-order valence-electron chi connectivity index (χ4n) is 3.89. The summed E-state index contributed by atoms with van der Waals surface area (Å²) < 4.78 is 14.3. The molecule has 0 aliphatic carbocycles. The number of anilines is 1. The molecule has 146 valence electrons. The predicted octanol–water partition coefficient (Wildman–Crippen LogP) is 4.48. The Hall–Kier alpha value is -2.99. The maximum atomic E-state index is 13.4. The van der Waals surface area contributed by atoms with Crippen LogP contribution in [0.15, 0.2) is 60.7 Å². The number of aromatic nitrogens is 1. The van der Waals surface area contributed by atoms with E-state index < -0.39 is 0 Å². The summed E-state index contributed by atoms with van der Waals surface area (Å²) in [7, 11) is 0. The summed E-state index contributed by atoms with van der Waals surface area (Å²) in [5.74, 6) is -0.0797. The van der Waals surface area contributed by atoms with E-state index in [1.54, 1.807) is 6.07 Å². The Morgan fingerprint density at radius 3 is 2.66 bits per heavy atom. The molecule has 29 heavy (non-hydrogen) atoms. The highest BCUT2D eigenvalue weighted by molar-refractivity contribution is 7.22.